The van der Waals surface area contributed by atoms with Crippen LogP contribution in [0.4, 0.5) is 14.9 Å². The van der Waals surface area contributed by atoms with Gasteiger partial charge in [0.2, 0.25) is 17.6 Å². The molecule has 0 unspecified atom stereocenters. The number of alkyl carbamates (subject to hydrolysis) is 1. The van der Waals surface area contributed by atoms with Crippen molar-refractivity contribution in [2.45, 2.75) is 102 Å². The number of carbonyl (C=O) groups is 4. The quantitative estimate of drug-likeness (QED) is 0.291. The van der Waals surface area contributed by atoms with E-state index in [1.807, 2.05) is 0 Å². The van der Waals surface area contributed by atoms with Gasteiger partial charge in [-0.05, 0) is 121 Å². The van der Waals surface area contributed by atoms with Crippen LogP contribution in [-0.2, 0) is 19.1 Å². The summed E-state index contributed by atoms with van der Waals surface area (Å²) in [6.45, 7) is 5.03. The highest BCUT2D eigenvalue weighted by atomic mass is 19.1. The summed E-state index contributed by atoms with van der Waals surface area (Å²) in [7, 11) is 1.73. The Kier molecular flexibility index (Phi) is 10.8. The summed E-state index contributed by atoms with van der Waals surface area (Å²) in [4.78, 5) is 53.6. The fraction of sp³-hybridized carbons (Fsp3) is 0.657. The van der Waals surface area contributed by atoms with Crippen LogP contribution in [0.5, 0.6) is 0 Å². The number of nitrogens with one attached hydrogen (secondary N) is 2. The van der Waals surface area contributed by atoms with Crippen LogP contribution in [0.15, 0.2) is 28.7 Å². The van der Waals surface area contributed by atoms with Crippen LogP contribution in [0.25, 0.3) is 11.0 Å². The van der Waals surface area contributed by atoms with Crippen molar-refractivity contribution in [1.29, 1.82) is 0 Å². The second-order valence-electron chi connectivity index (χ2n) is 14.4. The number of alkyl halides is 1. The molecule has 2 aliphatic carbocycles. The molecule has 12 heteroatoms. The summed E-state index contributed by atoms with van der Waals surface area (Å²) >= 11 is 0. The first-order valence-corrected chi connectivity index (χ1v) is 16.8. The van der Waals surface area contributed by atoms with E-state index in [0.717, 1.165) is 32.1 Å². The Labute approximate surface area is 274 Å². The maximum absolute atomic E-state index is 14.1. The number of rotatable bonds is 9. The van der Waals surface area contributed by atoms with Gasteiger partial charge in [0, 0.05) is 30.6 Å². The number of furan rings is 1. The minimum Gasteiger partial charge on any atom is -0.475 e. The van der Waals surface area contributed by atoms with Crippen molar-refractivity contribution in [3.8, 4) is 0 Å². The number of carboxylic acids is 1. The van der Waals surface area contributed by atoms with E-state index < -0.39 is 36.4 Å². The molecule has 47 heavy (non-hydrogen) atoms. The molecule has 2 saturated carbocycles. The van der Waals surface area contributed by atoms with E-state index in [0.29, 0.717) is 48.9 Å². The molecule has 2 heterocycles. The van der Waals surface area contributed by atoms with E-state index in [4.69, 9.17) is 13.9 Å². The van der Waals surface area contributed by atoms with Crippen molar-refractivity contribution in [2.75, 3.05) is 25.6 Å². The predicted molar refractivity (Wildman–Crippen MR) is 173 cm³/mol. The number of hydrogen-bond donors (Lipinski definition) is 3. The Morgan fingerprint density at radius 2 is 1.72 bits per heavy atom. The maximum atomic E-state index is 14.1. The first kappa shape index (κ1) is 34.7. The Hall–Kier alpha value is -3.67. The van der Waals surface area contributed by atoms with Gasteiger partial charge in [-0.25, -0.2) is 14.0 Å². The minimum atomic E-state index is -1.17. The lowest BCUT2D eigenvalue weighted by atomic mass is 9.75. The summed E-state index contributed by atoms with van der Waals surface area (Å²) in [6.07, 6.45) is 6.24. The fourth-order valence-corrected chi connectivity index (χ4v) is 7.83. The SMILES string of the molecule is COC1CCC([C@@H]2CCN(C(=O)C3CCC([C@@H](CF)NC(=O)OC(C)(C)C)CC3)[C@@H]2C(=O)Nc2ccc3oc(C(=O)O)cc3c2)CC1. The summed E-state index contributed by atoms with van der Waals surface area (Å²) < 4.78 is 30.3. The zero-order valence-corrected chi connectivity index (χ0v) is 27.8. The summed E-state index contributed by atoms with van der Waals surface area (Å²) in [5, 5.41) is 15.5. The third kappa shape index (κ3) is 8.25. The molecule has 5 rings (SSSR count). The topological polar surface area (TPSA) is 147 Å². The number of methoxy groups -OCH3 is 1. The number of ether oxygens (including phenoxy) is 2. The lowest BCUT2D eigenvalue weighted by Gasteiger charge is -2.38. The number of likely N-dealkylation sites (tertiary alicyclic amines) is 1. The fourth-order valence-electron chi connectivity index (χ4n) is 7.83. The first-order valence-electron chi connectivity index (χ1n) is 16.8. The van der Waals surface area contributed by atoms with E-state index >= 15 is 0 Å². The average molecular weight is 658 g/mol. The average Bonchev–Trinajstić information content (AvgIpc) is 3.68. The lowest BCUT2D eigenvalue weighted by molar-refractivity contribution is -0.142. The van der Waals surface area contributed by atoms with E-state index in [-0.39, 0.29) is 47.4 Å². The van der Waals surface area contributed by atoms with Crippen molar-refractivity contribution in [2.24, 2.45) is 23.7 Å². The second kappa shape index (κ2) is 14.6. The molecule has 1 aliphatic heterocycles. The third-order valence-electron chi connectivity index (χ3n) is 10.2. The molecule has 3 fully saturated rings. The molecule has 3 amide bonds. The summed E-state index contributed by atoms with van der Waals surface area (Å²) in [5.74, 6) is -1.79. The normalized spacial score (nSPS) is 27.3. The Balaban J connectivity index is 1.28. The van der Waals surface area contributed by atoms with Crippen molar-refractivity contribution in [1.82, 2.24) is 10.2 Å². The monoisotopic (exact) mass is 657 g/mol. The molecule has 3 aliphatic rings. The minimum absolute atomic E-state index is 0.00156. The second-order valence-corrected chi connectivity index (χ2v) is 14.4. The van der Waals surface area contributed by atoms with Gasteiger partial charge in [-0.1, -0.05) is 0 Å². The molecule has 3 N–H and O–H groups in total. The molecule has 1 aromatic heterocycles. The zero-order valence-electron chi connectivity index (χ0n) is 27.8. The summed E-state index contributed by atoms with van der Waals surface area (Å²) in [6, 6.07) is 5.06. The number of anilines is 1. The van der Waals surface area contributed by atoms with E-state index in [2.05, 4.69) is 10.6 Å². The standard InChI is InChI=1S/C35H48FN3O8/c1-35(2,3)47-34(44)38-27(19-36)21-5-7-22(8-6-21)32(41)39-16-15-26(20-9-12-25(45-4)13-10-20)30(39)31(40)37-24-11-14-28-23(17-24)18-29(46-28)33(42)43/h11,14,17-18,20-22,25-27,30H,5-10,12-13,15-16,19H2,1-4H3,(H,37,40)(H,38,44)(H,42,43)/t20?,21?,22?,25?,26-,27+,30-/m0/s1. The Morgan fingerprint density at radius 3 is 2.34 bits per heavy atom. The number of fused-ring (bicyclic) bond motifs is 1. The van der Waals surface area contributed by atoms with Gasteiger partial charge in [0.05, 0.1) is 12.1 Å². The largest absolute Gasteiger partial charge is 0.475 e. The molecule has 0 bridgehead atoms. The van der Waals surface area contributed by atoms with Crippen LogP contribution in [-0.4, -0.2) is 78.0 Å². The molecule has 0 spiro atoms. The van der Waals surface area contributed by atoms with Crippen LogP contribution >= 0.6 is 0 Å². The number of aromatic carboxylic acids is 1. The van der Waals surface area contributed by atoms with Crippen LogP contribution in [0.3, 0.4) is 0 Å². The maximum Gasteiger partial charge on any atom is 0.407 e. The molecule has 258 valence electrons. The van der Waals surface area contributed by atoms with Crippen molar-refractivity contribution < 1.29 is 42.6 Å². The number of benzene rings is 1. The van der Waals surface area contributed by atoms with Gasteiger partial charge in [0.25, 0.3) is 0 Å². The van der Waals surface area contributed by atoms with Crippen molar-refractivity contribution in [3.63, 3.8) is 0 Å². The van der Waals surface area contributed by atoms with Gasteiger partial charge in [-0.15, -0.1) is 0 Å². The van der Waals surface area contributed by atoms with Crippen LogP contribution in [0.1, 0.15) is 89.1 Å². The van der Waals surface area contributed by atoms with Gasteiger partial charge in [-0.2, -0.15) is 0 Å². The third-order valence-corrected chi connectivity index (χ3v) is 10.2. The van der Waals surface area contributed by atoms with Crippen LogP contribution < -0.4 is 10.6 Å². The van der Waals surface area contributed by atoms with Crippen molar-refractivity contribution in [3.05, 3.63) is 30.0 Å². The molecule has 0 radical (unpaired) electrons. The lowest BCUT2D eigenvalue weighted by Crippen LogP contribution is -2.50. The zero-order chi connectivity index (χ0) is 33.9. The number of amides is 3. The smallest absolute Gasteiger partial charge is 0.407 e. The number of carbonyl (C=O) groups excluding carboxylic acids is 3. The summed E-state index contributed by atoms with van der Waals surface area (Å²) in [5.41, 5.74) is 0.208. The van der Waals surface area contributed by atoms with Gasteiger partial charge in [0.15, 0.2) is 0 Å². The van der Waals surface area contributed by atoms with Gasteiger partial charge >= 0.3 is 12.1 Å². The highest BCUT2D eigenvalue weighted by Crippen LogP contribution is 2.42. The van der Waals surface area contributed by atoms with E-state index in [1.165, 1.54) is 6.07 Å². The predicted octanol–water partition coefficient (Wildman–Crippen LogP) is 6.16. The number of halogens is 1. The molecule has 1 aromatic carbocycles. The van der Waals surface area contributed by atoms with Crippen LogP contribution in [0.2, 0.25) is 0 Å². The van der Waals surface area contributed by atoms with Gasteiger partial charge in [0.1, 0.15) is 23.9 Å². The number of hydrogen-bond acceptors (Lipinski definition) is 7. The Bertz CT molecular complexity index is 1440. The van der Waals surface area contributed by atoms with Crippen molar-refractivity contribution >= 4 is 40.5 Å². The van der Waals surface area contributed by atoms with Gasteiger partial charge < -0.3 is 34.5 Å². The van der Waals surface area contributed by atoms with E-state index in [1.54, 1.807) is 51.0 Å². The molecular weight excluding hydrogens is 609 g/mol. The number of nitrogens with zero attached hydrogens (tertiary/aromatic N) is 1. The number of carboxylic acid groups (broad SMARTS) is 1. The molecule has 2 aromatic rings. The van der Waals surface area contributed by atoms with Gasteiger partial charge in [-0.3, -0.25) is 9.59 Å². The first-order chi connectivity index (χ1) is 22.4. The van der Waals surface area contributed by atoms with E-state index in [9.17, 15) is 28.7 Å². The highest BCUT2D eigenvalue weighted by molar-refractivity contribution is 6.00. The molecule has 1 saturated heterocycles. The molecule has 3 atom stereocenters. The van der Waals surface area contributed by atoms with Crippen LogP contribution in [0, 0.1) is 23.7 Å². The molecular formula is C35H48FN3O8. The molecule has 11 nitrogen and oxygen atoms in total. The highest BCUT2D eigenvalue weighted by Gasteiger charge is 2.47. The Morgan fingerprint density at radius 1 is 1.02 bits per heavy atom.